The molecule has 0 atom stereocenters. The van der Waals surface area contributed by atoms with Crippen LogP contribution in [0.3, 0.4) is 0 Å². The van der Waals surface area contributed by atoms with Gasteiger partial charge in [0.15, 0.2) is 0 Å². The molecule has 0 bridgehead atoms. The van der Waals surface area contributed by atoms with E-state index in [0.717, 1.165) is 10.8 Å². The number of nitrogens with one attached hydrogen (secondary N) is 2. The molecule has 1 aromatic heterocycles. The van der Waals surface area contributed by atoms with E-state index < -0.39 is 39.9 Å². The number of amides is 1. The van der Waals surface area contributed by atoms with Crippen molar-refractivity contribution >= 4 is 11.6 Å². The predicted octanol–water partition coefficient (Wildman–Crippen LogP) is -0.640. The maximum absolute atomic E-state index is 11.6. The summed E-state index contributed by atoms with van der Waals surface area (Å²) in [4.78, 5) is 45.6. The number of rotatable bonds is 3. The summed E-state index contributed by atoms with van der Waals surface area (Å²) >= 11 is 0. The highest BCUT2D eigenvalue weighted by Crippen LogP contribution is 2.01. The normalized spacial score (nSPS) is 11.1. The van der Waals surface area contributed by atoms with Crippen LogP contribution >= 0.6 is 0 Å². The van der Waals surface area contributed by atoms with Crippen LogP contribution in [0.1, 0.15) is 20.8 Å². The van der Waals surface area contributed by atoms with Gasteiger partial charge in [0.05, 0.1) is 11.1 Å². The highest BCUT2D eigenvalue weighted by atomic mass is 16.6. The Balaban J connectivity index is 3.06. The zero-order chi connectivity index (χ0) is 14.8. The maximum Gasteiger partial charge on any atom is 0.350 e. The van der Waals surface area contributed by atoms with Gasteiger partial charge in [0.1, 0.15) is 6.54 Å². The summed E-state index contributed by atoms with van der Waals surface area (Å²) in [6.45, 7) is 4.85. The predicted molar refractivity (Wildman–Crippen MR) is 65.9 cm³/mol. The van der Waals surface area contributed by atoms with Crippen LogP contribution in [0.2, 0.25) is 0 Å². The number of carbonyl (C=O) groups is 1. The molecule has 0 radical (unpaired) electrons. The van der Waals surface area contributed by atoms with E-state index in [1.54, 1.807) is 25.8 Å². The number of carbonyl (C=O) groups excluding carboxylic acids is 1. The van der Waals surface area contributed by atoms with Crippen LogP contribution in [-0.4, -0.2) is 25.9 Å². The largest absolute Gasteiger partial charge is 0.350 e. The molecule has 1 heterocycles. The molecule has 104 valence electrons. The van der Waals surface area contributed by atoms with Crippen LogP contribution in [-0.2, 0) is 11.3 Å². The number of H-pyrrole nitrogens is 1. The number of hydrogen-bond donors (Lipinski definition) is 2. The lowest BCUT2D eigenvalue weighted by Crippen LogP contribution is -2.44. The minimum Gasteiger partial charge on any atom is -0.350 e. The third kappa shape index (κ3) is 4.05. The Morgan fingerprint density at radius 2 is 2.05 bits per heavy atom. The quantitative estimate of drug-likeness (QED) is 0.557. The first kappa shape index (κ1) is 14.6. The molecule has 1 aromatic rings. The lowest BCUT2D eigenvalue weighted by atomic mass is 10.1. The number of nitro groups is 1. The molecule has 19 heavy (non-hydrogen) atoms. The number of hydrogen-bond acceptors (Lipinski definition) is 5. The first-order valence-corrected chi connectivity index (χ1v) is 5.39. The Hall–Kier alpha value is -2.45. The van der Waals surface area contributed by atoms with Gasteiger partial charge in [-0.25, -0.2) is 4.79 Å². The molecule has 0 fully saturated rings. The summed E-state index contributed by atoms with van der Waals surface area (Å²) in [5.41, 5.74) is -3.25. The van der Waals surface area contributed by atoms with E-state index in [2.05, 4.69) is 5.32 Å². The van der Waals surface area contributed by atoms with Crippen LogP contribution in [0.15, 0.2) is 15.8 Å². The molecular weight excluding hydrogens is 256 g/mol. The zero-order valence-electron chi connectivity index (χ0n) is 10.7. The summed E-state index contributed by atoms with van der Waals surface area (Å²) in [5.74, 6) is -0.490. The van der Waals surface area contributed by atoms with Gasteiger partial charge < -0.3 is 5.32 Å². The second-order valence-electron chi connectivity index (χ2n) is 4.96. The molecule has 1 rings (SSSR count). The monoisotopic (exact) mass is 270 g/mol. The second-order valence-corrected chi connectivity index (χ2v) is 4.96. The van der Waals surface area contributed by atoms with Gasteiger partial charge >= 0.3 is 16.9 Å². The van der Waals surface area contributed by atoms with Crippen molar-refractivity contribution in [2.75, 3.05) is 0 Å². The van der Waals surface area contributed by atoms with E-state index in [-0.39, 0.29) is 0 Å². The fraction of sp³-hybridized carbons (Fsp3) is 0.500. The average molecular weight is 270 g/mol. The molecule has 0 unspecified atom stereocenters. The summed E-state index contributed by atoms with van der Waals surface area (Å²) in [5, 5.41) is 13.2. The van der Waals surface area contributed by atoms with E-state index in [4.69, 9.17) is 0 Å². The Morgan fingerprint density at radius 3 is 2.53 bits per heavy atom. The minimum atomic E-state index is -1.09. The molecule has 0 aliphatic rings. The highest BCUT2D eigenvalue weighted by Gasteiger charge is 2.18. The van der Waals surface area contributed by atoms with E-state index in [1.165, 1.54) is 0 Å². The molecule has 0 spiro atoms. The average Bonchev–Trinajstić information content (AvgIpc) is 2.18. The van der Waals surface area contributed by atoms with Gasteiger partial charge in [0.25, 0.3) is 0 Å². The van der Waals surface area contributed by atoms with Gasteiger partial charge in [-0.15, -0.1) is 0 Å². The number of nitrogens with zero attached hydrogens (tertiary/aromatic N) is 2. The van der Waals surface area contributed by atoms with Gasteiger partial charge in [-0.05, 0) is 20.8 Å². The van der Waals surface area contributed by atoms with Crippen LogP contribution in [0.25, 0.3) is 0 Å². The van der Waals surface area contributed by atoms with Crippen molar-refractivity contribution in [2.45, 2.75) is 32.9 Å². The summed E-state index contributed by atoms with van der Waals surface area (Å²) in [6.07, 6.45) is 0.753. The van der Waals surface area contributed by atoms with Gasteiger partial charge in [-0.1, -0.05) is 0 Å². The second kappa shape index (κ2) is 5.04. The van der Waals surface area contributed by atoms with Gasteiger partial charge in [-0.3, -0.25) is 29.3 Å². The van der Waals surface area contributed by atoms with Crippen molar-refractivity contribution in [1.29, 1.82) is 0 Å². The van der Waals surface area contributed by atoms with Gasteiger partial charge in [-0.2, -0.15) is 0 Å². The Morgan fingerprint density at radius 1 is 1.47 bits per heavy atom. The lowest BCUT2D eigenvalue weighted by molar-refractivity contribution is -0.386. The molecule has 9 heteroatoms. The van der Waals surface area contributed by atoms with Crippen LogP contribution in [0.4, 0.5) is 5.69 Å². The van der Waals surface area contributed by atoms with E-state index in [0.29, 0.717) is 0 Å². The van der Waals surface area contributed by atoms with Crippen LogP contribution < -0.4 is 16.6 Å². The molecule has 0 aliphatic carbocycles. The molecule has 0 aromatic carbocycles. The Kier molecular flexibility index (Phi) is 3.88. The zero-order valence-corrected chi connectivity index (χ0v) is 10.7. The van der Waals surface area contributed by atoms with E-state index >= 15 is 0 Å². The van der Waals surface area contributed by atoms with Crippen molar-refractivity contribution in [3.8, 4) is 0 Å². The first-order valence-electron chi connectivity index (χ1n) is 5.39. The van der Waals surface area contributed by atoms with Crippen molar-refractivity contribution in [2.24, 2.45) is 0 Å². The fourth-order valence-corrected chi connectivity index (χ4v) is 1.36. The molecule has 1 amide bonds. The van der Waals surface area contributed by atoms with Crippen molar-refractivity contribution in [3.63, 3.8) is 0 Å². The first-order chi connectivity index (χ1) is 8.60. The van der Waals surface area contributed by atoms with Crippen molar-refractivity contribution < 1.29 is 9.72 Å². The van der Waals surface area contributed by atoms with Crippen LogP contribution in [0.5, 0.6) is 0 Å². The van der Waals surface area contributed by atoms with Crippen molar-refractivity contribution in [1.82, 2.24) is 14.9 Å². The lowest BCUT2D eigenvalue weighted by Gasteiger charge is -2.20. The Bertz CT molecular complexity index is 622. The number of aromatic amines is 1. The summed E-state index contributed by atoms with van der Waals surface area (Å²) in [7, 11) is 0. The summed E-state index contributed by atoms with van der Waals surface area (Å²) in [6, 6.07) is 0. The van der Waals surface area contributed by atoms with Gasteiger partial charge in [0.2, 0.25) is 5.91 Å². The van der Waals surface area contributed by atoms with E-state index in [9.17, 15) is 24.5 Å². The third-order valence-electron chi connectivity index (χ3n) is 2.02. The van der Waals surface area contributed by atoms with Crippen LogP contribution in [0, 0.1) is 10.1 Å². The van der Waals surface area contributed by atoms with E-state index in [1.807, 2.05) is 0 Å². The maximum atomic E-state index is 11.6. The highest BCUT2D eigenvalue weighted by molar-refractivity contribution is 5.76. The minimum absolute atomic E-state index is 0.409. The third-order valence-corrected chi connectivity index (χ3v) is 2.02. The smallest absolute Gasteiger partial charge is 0.350 e. The number of aromatic nitrogens is 2. The molecule has 9 nitrogen and oxygen atoms in total. The Labute approximate surface area is 107 Å². The molecule has 2 N–H and O–H groups in total. The van der Waals surface area contributed by atoms with Crippen molar-refractivity contribution in [3.05, 3.63) is 37.1 Å². The molecule has 0 aliphatic heterocycles. The summed E-state index contributed by atoms with van der Waals surface area (Å²) < 4.78 is 0.778. The molecule has 0 saturated heterocycles. The molecular formula is C10H14N4O5. The SMILES string of the molecule is CC(C)(C)NC(=O)Cn1cc([N+](=O)[O-])c(=O)[nH]c1=O. The topological polar surface area (TPSA) is 127 Å². The fourth-order valence-electron chi connectivity index (χ4n) is 1.36. The standard InChI is InChI=1S/C10H14N4O5/c1-10(2,3)12-7(15)5-13-4-6(14(18)19)8(16)11-9(13)17/h4H,5H2,1-3H3,(H,12,15)(H,11,16,17). The molecule has 0 saturated carbocycles. The van der Waals surface area contributed by atoms with Gasteiger partial charge in [0, 0.05) is 5.54 Å².